The molecule has 5 heterocycles. The second-order valence-electron chi connectivity index (χ2n) is 25.9. The Balaban J connectivity index is 0.000000113. The number of hydrogen-bond acceptors (Lipinski definition) is 5. The number of likely N-dealkylation sites (N-methyl/N-ethyl adjacent to an activating group) is 1. The highest BCUT2D eigenvalue weighted by Crippen LogP contribution is 2.47. The molecule has 0 radical (unpaired) electrons. The Morgan fingerprint density at radius 1 is 0.356 bits per heavy atom. The van der Waals surface area contributed by atoms with Crippen molar-refractivity contribution in [2.24, 2.45) is 5.92 Å². The molecule has 87 heavy (non-hydrogen) atoms. The molecule has 5 nitrogen and oxygen atoms in total. The van der Waals surface area contributed by atoms with E-state index in [9.17, 15) is 0 Å². The fraction of sp³-hybridized carbons (Fsp3) is 0.305. The zero-order valence-electron chi connectivity index (χ0n) is 53.7. The van der Waals surface area contributed by atoms with E-state index in [0.29, 0.717) is 35.5 Å². The van der Waals surface area contributed by atoms with Gasteiger partial charge in [0.1, 0.15) is 0 Å². The van der Waals surface area contributed by atoms with E-state index in [0.717, 1.165) is 36.1 Å². The van der Waals surface area contributed by atoms with Gasteiger partial charge in [-0.05, 0) is 171 Å². The van der Waals surface area contributed by atoms with E-state index in [1.807, 2.05) is 12.1 Å². The molecule has 3 aliphatic rings. The minimum atomic E-state index is 0.507. The van der Waals surface area contributed by atoms with Gasteiger partial charge < -0.3 is 9.80 Å². The predicted octanol–water partition coefficient (Wildman–Crippen LogP) is 21.8. The van der Waals surface area contributed by atoms with Crippen molar-refractivity contribution in [3.05, 3.63) is 256 Å². The van der Waals surface area contributed by atoms with Crippen molar-refractivity contribution >= 4 is 76.5 Å². The lowest BCUT2D eigenvalue weighted by Gasteiger charge is -2.37. The first-order chi connectivity index (χ1) is 42.2. The fourth-order valence-electron chi connectivity index (χ4n) is 14.4. The van der Waals surface area contributed by atoms with E-state index in [1.165, 1.54) is 130 Å². The summed E-state index contributed by atoms with van der Waals surface area (Å²) in [5.74, 6) is 3.32. The van der Waals surface area contributed by atoms with Crippen molar-refractivity contribution < 1.29 is 0 Å². The number of benzene rings is 9. The van der Waals surface area contributed by atoms with E-state index in [2.05, 4.69) is 281 Å². The van der Waals surface area contributed by atoms with Crippen LogP contribution in [0.25, 0.3) is 65.2 Å². The molecule has 9 aromatic carbocycles. The number of aryl methyl sites for hydroxylation is 1. The molecule has 0 saturated heterocycles. The maximum Gasteiger partial charge on any atom is 0.0712 e. The maximum absolute atomic E-state index is 4.87. The first-order valence-corrected chi connectivity index (χ1v) is 32.3. The maximum atomic E-state index is 4.87. The van der Waals surface area contributed by atoms with Crippen LogP contribution in [0.3, 0.4) is 0 Å². The first kappa shape index (κ1) is 60.4. The molecule has 0 atom stereocenters. The Labute approximate surface area is 518 Å². The van der Waals surface area contributed by atoms with E-state index in [4.69, 9.17) is 15.0 Å². The molecule has 0 spiro atoms. The highest BCUT2D eigenvalue weighted by Gasteiger charge is 2.30. The SMILES string of the molecule is CC(C)C1c2ccccc2N(C)c2ccccc21.CC(C)c1c2c(nc3ccccc13)CCCC2.CC(C)c1c2c(nc3ccccc13)CCN(C)C2.CC(C)c1c2ccccc2cc2ccccc12.CC(C)c1c2ccccc2nc2ccccc12. The summed E-state index contributed by atoms with van der Waals surface area (Å²) in [6, 6.07) is 71.1. The Bertz CT molecular complexity index is 4100. The van der Waals surface area contributed by atoms with E-state index in [1.54, 1.807) is 11.1 Å². The first-order valence-electron chi connectivity index (χ1n) is 32.3. The average molecular weight is 1140 g/mol. The molecule has 0 amide bonds. The molecule has 442 valence electrons. The quantitative estimate of drug-likeness (QED) is 0.161. The van der Waals surface area contributed by atoms with E-state index in [-0.39, 0.29) is 0 Å². The molecule has 5 heteroatoms. The number of anilines is 2. The lowest BCUT2D eigenvalue weighted by atomic mass is 9.78. The standard InChI is InChI=1S/C17H19N.C17H16.C16H20N2.C16H19N.C16H15N/c1-12(2)17-13-8-4-6-10-15(13)18(3)16-11-7-5-9-14(16)17;1-12(2)17-15-9-5-3-7-13(15)11-14-8-4-6-10-16(14)17;1-11(2)16-12-6-4-5-7-14(12)17-15-8-9-18(3)10-13(15)16;2*1-11(2)16-12-7-3-5-9-14(12)17-15-10-6-4-8-13(15)16/h4-12,17H,1-3H3;3-12H,1-2H3;4-7,11H,8-10H2,1-3H3;3,5,7,9,11H,4,6,8,10H2,1-2H3;3-11H,1-2H3. The summed E-state index contributed by atoms with van der Waals surface area (Å²) < 4.78 is 0. The van der Waals surface area contributed by atoms with Gasteiger partial charge >= 0.3 is 0 Å². The molecule has 0 N–H and O–H groups in total. The number of pyridine rings is 3. The van der Waals surface area contributed by atoms with Gasteiger partial charge in [-0.15, -0.1) is 0 Å². The third-order valence-corrected chi connectivity index (χ3v) is 18.2. The molecular weight excluding hydrogens is 1050 g/mol. The number of nitrogens with zero attached hydrogens (tertiary/aromatic N) is 5. The van der Waals surface area contributed by atoms with Gasteiger partial charge in [0.25, 0.3) is 0 Å². The van der Waals surface area contributed by atoms with E-state index >= 15 is 0 Å². The Morgan fingerprint density at radius 3 is 1.17 bits per heavy atom. The van der Waals surface area contributed by atoms with Crippen LogP contribution in [0.4, 0.5) is 11.4 Å². The molecule has 2 aliphatic heterocycles. The van der Waals surface area contributed by atoms with Crippen LogP contribution in [-0.2, 0) is 25.8 Å². The van der Waals surface area contributed by atoms with Crippen LogP contribution in [0, 0.1) is 5.92 Å². The van der Waals surface area contributed by atoms with Gasteiger partial charge in [0, 0.05) is 76.8 Å². The zero-order valence-corrected chi connectivity index (χ0v) is 53.7. The van der Waals surface area contributed by atoms with Crippen LogP contribution in [0.15, 0.2) is 200 Å². The van der Waals surface area contributed by atoms with Gasteiger partial charge in [0.2, 0.25) is 0 Å². The largest absolute Gasteiger partial charge is 0.344 e. The lowest BCUT2D eigenvalue weighted by Crippen LogP contribution is -2.28. The molecule has 0 unspecified atom stereocenters. The van der Waals surface area contributed by atoms with Crippen molar-refractivity contribution in [1.82, 2.24) is 19.9 Å². The monoisotopic (exact) mass is 1140 g/mol. The van der Waals surface area contributed by atoms with Gasteiger partial charge in [-0.3, -0.25) is 9.97 Å². The van der Waals surface area contributed by atoms with Crippen LogP contribution in [0.2, 0.25) is 0 Å². The number of aromatic nitrogens is 3. The summed E-state index contributed by atoms with van der Waals surface area (Å²) in [5.41, 5.74) is 21.7. The van der Waals surface area contributed by atoms with Crippen molar-refractivity contribution in [1.29, 1.82) is 0 Å². The molecule has 12 aromatic rings. The van der Waals surface area contributed by atoms with Gasteiger partial charge in [0.05, 0.1) is 22.1 Å². The van der Waals surface area contributed by atoms with Gasteiger partial charge in [-0.1, -0.05) is 227 Å². The third-order valence-electron chi connectivity index (χ3n) is 18.2. The van der Waals surface area contributed by atoms with Gasteiger partial charge in [-0.2, -0.15) is 0 Å². The summed E-state index contributed by atoms with van der Waals surface area (Å²) in [5, 5.41) is 10.7. The topological polar surface area (TPSA) is 45.2 Å². The van der Waals surface area contributed by atoms with Gasteiger partial charge in [0.15, 0.2) is 0 Å². The second kappa shape index (κ2) is 26.8. The number of fused-ring (bicyclic) bond motifs is 10. The molecule has 0 bridgehead atoms. The van der Waals surface area contributed by atoms with Crippen LogP contribution in [-0.4, -0.2) is 40.5 Å². The van der Waals surface area contributed by atoms with Crippen LogP contribution in [0.1, 0.15) is 168 Å². The minimum absolute atomic E-state index is 0.507. The Hall–Kier alpha value is -8.25. The van der Waals surface area contributed by atoms with E-state index < -0.39 is 0 Å². The lowest BCUT2D eigenvalue weighted by molar-refractivity contribution is 0.308. The van der Waals surface area contributed by atoms with Crippen molar-refractivity contribution in [3.63, 3.8) is 0 Å². The average Bonchev–Trinajstić information content (AvgIpc) is 1.26. The van der Waals surface area contributed by atoms with Crippen molar-refractivity contribution in [2.75, 3.05) is 25.5 Å². The normalized spacial score (nSPS) is 13.8. The molecular formula is C82H89N5. The van der Waals surface area contributed by atoms with Crippen LogP contribution >= 0.6 is 0 Å². The van der Waals surface area contributed by atoms with Crippen molar-refractivity contribution in [3.8, 4) is 0 Å². The number of para-hydroxylation sites is 6. The van der Waals surface area contributed by atoms with Crippen LogP contribution < -0.4 is 4.90 Å². The molecule has 0 fully saturated rings. The fourth-order valence-corrected chi connectivity index (χ4v) is 14.4. The highest BCUT2D eigenvalue weighted by atomic mass is 15.1. The Kier molecular flexibility index (Phi) is 18.6. The molecule has 0 saturated carbocycles. The predicted molar refractivity (Wildman–Crippen MR) is 375 cm³/mol. The van der Waals surface area contributed by atoms with Crippen molar-refractivity contribution in [2.45, 2.75) is 137 Å². The number of rotatable bonds is 5. The Morgan fingerprint density at radius 2 is 0.713 bits per heavy atom. The third kappa shape index (κ3) is 12.7. The molecule has 1 aliphatic carbocycles. The van der Waals surface area contributed by atoms with Gasteiger partial charge in [-0.25, -0.2) is 4.98 Å². The minimum Gasteiger partial charge on any atom is -0.344 e. The molecule has 3 aromatic heterocycles. The summed E-state index contributed by atoms with van der Waals surface area (Å²) in [6.07, 6.45) is 6.10. The number of hydrogen-bond donors (Lipinski definition) is 0. The summed E-state index contributed by atoms with van der Waals surface area (Å²) in [4.78, 5) is 19.1. The summed E-state index contributed by atoms with van der Waals surface area (Å²) >= 11 is 0. The summed E-state index contributed by atoms with van der Waals surface area (Å²) in [6.45, 7) is 25.0. The van der Waals surface area contributed by atoms with Crippen LogP contribution in [0.5, 0.6) is 0 Å². The molecule has 15 rings (SSSR count). The smallest absolute Gasteiger partial charge is 0.0712 e. The summed E-state index contributed by atoms with van der Waals surface area (Å²) in [7, 11) is 4.36. The highest BCUT2D eigenvalue weighted by molar-refractivity contribution is 6.03. The second-order valence-corrected chi connectivity index (χ2v) is 25.9. The zero-order chi connectivity index (χ0) is 60.9.